The summed E-state index contributed by atoms with van der Waals surface area (Å²) in [6, 6.07) is 6.45. The van der Waals surface area contributed by atoms with Crippen molar-refractivity contribution in [3.63, 3.8) is 0 Å². The van der Waals surface area contributed by atoms with Crippen LogP contribution in [0.4, 0.5) is 8.78 Å². The zero-order chi connectivity index (χ0) is 17.0. The number of amides is 1. The molecule has 23 heavy (non-hydrogen) atoms. The Balaban J connectivity index is 2.29. The van der Waals surface area contributed by atoms with Crippen molar-refractivity contribution in [2.24, 2.45) is 0 Å². The Morgan fingerprint density at radius 3 is 2.65 bits per heavy atom. The Hall–Kier alpha value is -2.15. The largest absolute Gasteiger partial charge is 0.493 e. The third-order valence-electron chi connectivity index (χ3n) is 3.33. The van der Waals surface area contributed by atoms with Crippen molar-refractivity contribution in [3.05, 3.63) is 45.6 Å². The van der Waals surface area contributed by atoms with E-state index in [0.29, 0.717) is 6.54 Å². The van der Waals surface area contributed by atoms with Gasteiger partial charge in [0.25, 0.3) is 5.91 Å². The van der Waals surface area contributed by atoms with Crippen LogP contribution >= 0.6 is 11.3 Å². The predicted molar refractivity (Wildman–Crippen MR) is 84.5 cm³/mol. The molecule has 2 rings (SSSR count). The van der Waals surface area contributed by atoms with E-state index < -0.39 is 12.5 Å². The molecule has 1 aromatic carbocycles. The number of benzene rings is 1. The third kappa shape index (κ3) is 3.98. The summed E-state index contributed by atoms with van der Waals surface area (Å²) in [6.07, 6.45) is 0. The number of methoxy groups -OCH3 is 1. The smallest absolute Gasteiger partial charge is 0.387 e. The fourth-order valence-electron chi connectivity index (χ4n) is 2.11. The number of rotatable bonds is 6. The Labute approximate surface area is 137 Å². The van der Waals surface area contributed by atoms with Crippen LogP contribution in [0.2, 0.25) is 0 Å². The van der Waals surface area contributed by atoms with E-state index >= 15 is 0 Å². The van der Waals surface area contributed by atoms with E-state index in [4.69, 9.17) is 4.74 Å². The number of alkyl halides is 2. The summed E-state index contributed by atoms with van der Waals surface area (Å²) in [5.41, 5.74) is 1.13. The Morgan fingerprint density at radius 2 is 2.09 bits per heavy atom. The van der Waals surface area contributed by atoms with Crippen molar-refractivity contribution < 1.29 is 23.0 Å². The third-order valence-corrected chi connectivity index (χ3v) is 4.34. The van der Waals surface area contributed by atoms with Gasteiger partial charge in [-0.05, 0) is 36.1 Å². The van der Waals surface area contributed by atoms with Gasteiger partial charge in [-0.1, -0.05) is 6.07 Å². The van der Waals surface area contributed by atoms with Gasteiger partial charge < -0.3 is 14.4 Å². The first kappa shape index (κ1) is 17.2. The van der Waals surface area contributed by atoms with Gasteiger partial charge in [0.1, 0.15) is 0 Å². The van der Waals surface area contributed by atoms with Crippen LogP contribution in [0.5, 0.6) is 11.5 Å². The van der Waals surface area contributed by atoms with Gasteiger partial charge in [0.15, 0.2) is 11.5 Å². The molecule has 0 aliphatic rings. The molecule has 1 heterocycles. The second-order valence-corrected chi connectivity index (χ2v) is 5.90. The molecule has 0 atom stereocenters. The molecule has 1 amide bonds. The van der Waals surface area contributed by atoms with E-state index in [0.717, 1.165) is 10.4 Å². The van der Waals surface area contributed by atoms with E-state index in [1.165, 1.54) is 24.1 Å². The quantitative estimate of drug-likeness (QED) is 0.799. The van der Waals surface area contributed by atoms with E-state index in [-0.39, 0.29) is 17.1 Å². The van der Waals surface area contributed by atoms with Crippen LogP contribution in [0.1, 0.15) is 20.8 Å². The van der Waals surface area contributed by atoms with Crippen molar-refractivity contribution in [2.45, 2.75) is 20.1 Å². The summed E-state index contributed by atoms with van der Waals surface area (Å²) in [4.78, 5) is 15.1. The number of halogens is 2. The van der Waals surface area contributed by atoms with Crippen molar-refractivity contribution >= 4 is 17.2 Å². The number of ether oxygens (including phenoxy) is 2. The summed E-state index contributed by atoms with van der Waals surface area (Å²) in [5, 5.41) is 1.94. The molecule has 0 radical (unpaired) electrons. The SMILES string of the molecule is COc1cccc(C(=O)N(C)Cc2sccc2C)c1OC(F)F. The molecule has 2 aromatic rings. The average Bonchev–Trinajstić information content (AvgIpc) is 2.91. The Morgan fingerprint density at radius 1 is 1.35 bits per heavy atom. The molecule has 0 fully saturated rings. The lowest BCUT2D eigenvalue weighted by atomic mass is 10.1. The molecule has 0 saturated heterocycles. The maximum atomic E-state index is 12.6. The second kappa shape index (κ2) is 7.41. The maximum Gasteiger partial charge on any atom is 0.387 e. The van der Waals surface area contributed by atoms with Gasteiger partial charge in [-0.15, -0.1) is 11.3 Å². The lowest BCUT2D eigenvalue weighted by Gasteiger charge is -2.20. The van der Waals surface area contributed by atoms with Gasteiger partial charge in [-0.2, -0.15) is 8.78 Å². The highest BCUT2D eigenvalue weighted by atomic mass is 32.1. The van der Waals surface area contributed by atoms with Gasteiger partial charge in [-0.3, -0.25) is 4.79 Å². The molecule has 7 heteroatoms. The van der Waals surface area contributed by atoms with E-state index in [1.54, 1.807) is 24.5 Å². The molecule has 0 spiro atoms. The fourth-order valence-corrected chi connectivity index (χ4v) is 3.07. The lowest BCUT2D eigenvalue weighted by molar-refractivity contribution is -0.0516. The minimum atomic E-state index is -3.04. The molecule has 4 nitrogen and oxygen atoms in total. The number of aryl methyl sites for hydroxylation is 1. The highest BCUT2D eigenvalue weighted by Crippen LogP contribution is 2.33. The molecule has 124 valence electrons. The second-order valence-electron chi connectivity index (χ2n) is 4.90. The van der Waals surface area contributed by atoms with Crippen molar-refractivity contribution in [1.29, 1.82) is 0 Å². The van der Waals surface area contributed by atoms with Crippen molar-refractivity contribution in [3.8, 4) is 11.5 Å². The summed E-state index contributed by atoms with van der Waals surface area (Å²) >= 11 is 1.54. The number of nitrogens with zero attached hydrogens (tertiary/aromatic N) is 1. The molecular formula is C16H17F2NO3S. The summed E-state index contributed by atoms with van der Waals surface area (Å²) in [6.45, 7) is -0.683. The van der Waals surface area contributed by atoms with Crippen LogP contribution in [-0.2, 0) is 6.54 Å². The van der Waals surface area contributed by atoms with Crippen molar-refractivity contribution in [2.75, 3.05) is 14.2 Å². The number of carbonyl (C=O) groups is 1. The zero-order valence-electron chi connectivity index (χ0n) is 13.0. The first-order chi connectivity index (χ1) is 10.9. The summed E-state index contributed by atoms with van der Waals surface area (Å²) in [7, 11) is 2.95. The first-order valence-electron chi connectivity index (χ1n) is 6.84. The minimum Gasteiger partial charge on any atom is -0.493 e. The fraction of sp³-hybridized carbons (Fsp3) is 0.312. The molecule has 0 N–H and O–H groups in total. The monoisotopic (exact) mass is 341 g/mol. The molecule has 0 aliphatic heterocycles. The van der Waals surface area contributed by atoms with Gasteiger partial charge in [0, 0.05) is 11.9 Å². The number of carbonyl (C=O) groups excluding carboxylic acids is 1. The summed E-state index contributed by atoms with van der Waals surface area (Å²) in [5.74, 6) is -0.561. The number of hydrogen-bond acceptors (Lipinski definition) is 4. The molecular weight excluding hydrogens is 324 g/mol. The van der Waals surface area contributed by atoms with Crippen LogP contribution in [0, 0.1) is 6.92 Å². The highest BCUT2D eigenvalue weighted by Gasteiger charge is 2.23. The lowest BCUT2D eigenvalue weighted by Crippen LogP contribution is -2.27. The first-order valence-corrected chi connectivity index (χ1v) is 7.72. The molecule has 0 aliphatic carbocycles. The predicted octanol–water partition coefficient (Wildman–Crippen LogP) is 3.94. The van der Waals surface area contributed by atoms with Crippen molar-refractivity contribution in [1.82, 2.24) is 4.90 Å². The number of hydrogen-bond donors (Lipinski definition) is 0. The van der Waals surface area contributed by atoms with Crippen LogP contribution in [0.25, 0.3) is 0 Å². The molecule has 0 bridgehead atoms. The molecule has 0 unspecified atom stereocenters. The molecule has 0 saturated carbocycles. The standard InChI is InChI=1S/C16H17F2NO3S/c1-10-7-8-23-13(10)9-19(2)15(20)11-5-4-6-12(21-3)14(11)22-16(17)18/h4-8,16H,9H2,1-3H3. The van der Waals surface area contributed by atoms with Crippen LogP contribution in [0.15, 0.2) is 29.6 Å². The molecule has 1 aromatic heterocycles. The van der Waals surface area contributed by atoms with Gasteiger partial charge in [0.2, 0.25) is 0 Å². The topological polar surface area (TPSA) is 38.8 Å². The average molecular weight is 341 g/mol. The van der Waals surface area contributed by atoms with Gasteiger partial charge >= 0.3 is 6.61 Å². The zero-order valence-corrected chi connectivity index (χ0v) is 13.8. The number of para-hydroxylation sites is 1. The van der Waals surface area contributed by atoms with E-state index in [9.17, 15) is 13.6 Å². The summed E-state index contributed by atoms with van der Waals surface area (Å²) < 4.78 is 34.8. The van der Waals surface area contributed by atoms with Crippen LogP contribution < -0.4 is 9.47 Å². The normalized spacial score (nSPS) is 10.7. The van der Waals surface area contributed by atoms with E-state index in [2.05, 4.69) is 4.74 Å². The Bertz CT molecular complexity index is 688. The highest BCUT2D eigenvalue weighted by molar-refractivity contribution is 7.10. The number of thiophene rings is 1. The van der Waals surface area contributed by atoms with E-state index in [1.807, 2.05) is 18.4 Å². The van der Waals surface area contributed by atoms with Gasteiger partial charge in [-0.25, -0.2) is 0 Å². The van der Waals surface area contributed by atoms with Gasteiger partial charge in [0.05, 0.1) is 19.2 Å². The minimum absolute atomic E-state index is 0.0429. The van der Waals surface area contributed by atoms with Crippen LogP contribution in [-0.4, -0.2) is 31.6 Å². The maximum absolute atomic E-state index is 12.6. The van der Waals surface area contributed by atoms with Crippen LogP contribution in [0.3, 0.4) is 0 Å². The Kier molecular flexibility index (Phi) is 5.54.